The summed E-state index contributed by atoms with van der Waals surface area (Å²) in [6, 6.07) is 14.4. The molecule has 5 aromatic rings. The first-order valence-electron chi connectivity index (χ1n) is 9.82. The average Bonchev–Trinajstić information content (AvgIpc) is 3.36. The van der Waals surface area contributed by atoms with Crippen LogP contribution in [0.3, 0.4) is 0 Å². The number of rotatable bonds is 5. The molecule has 0 aliphatic heterocycles. The van der Waals surface area contributed by atoms with Crippen LogP contribution in [0.15, 0.2) is 54.9 Å². The Labute approximate surface area is 168 Å². The molecule has 0 radical (unpaired) electrons. The molecule has 2 aromatic carbocycles. The summed E-state index contributed by atoms with van der Waals surface area (Å²) in [4.78, 5) is 12.6. The minimum absolute atomic E-state index is 0.769. The molecular formula is C23H22N6. The molecule has 3 heterocycles. The van der Waals surface area contributed by atoms with E-state index >= 15 is 0 Å². The number of hydrogen-bond acceptors (Lipinski definition) is 4. The van der Waals surface area contributed by atoms with Gasteiger partial charge in [0.2, 0.25) is 0 Å². The average molecular weight is 382 g/mol. The second kappa shape index (κ2) is 7.14. The van der Waals surface area contributed by atoms with E-state index in [4.69, 9.17) is 4.98 Å². The largest absolute Gasteiger partial charge is 0.337 e. The fourth-order valence-electron chi connectivity index (χ4n) is 3.72. The molecule has 0 bridgehead atoms. The van der Waals surface area contributed by atoms with Gasteiger partial charge in [0.25, 0.3) is 0 Å². The second-order valence-corrected chi connectivity index (χ2v) is 7.19. The molecule has 0 saturated heterocycles. The number of imidazole rings is 1. The van der Waals surface area contributed by atoms with Crippen LogP contribution in [0.25, 0.3) is 44.6 Å². The molecule has 144 valence electrons. The molecule has 29 heavy (non-hydrogen) atoms. The van der Waals surface area contributed by atoms with Crippen molar-refractivity contribution in [3.8, 4) is 22.6 Å². The monoisotopic (exact) mass is 382 g/mol. The van der Waals surface area contributed by atoms with Gasteiger partial charge in [-0.25, -0.2) is 4.98 Å². The second-order valence-electron chi connectivity index (χ2n) is 7.19. The van der Waals surface area contributed by atoms with Gasteiger partial charge in [-0.05, 0) is 54.4 Å². The van der Waals surface area contributed by atoms with Gasteiger partial charge in [0, 0.05) is 29.9 Å². The number of fused-ring (bicyclic) bond motifs is 2. The van der Waals surface area contributed by atoms with E-state index in [1.165, 1.54) is 11.1 Å². The van der Waals surface area contributed by atoms with Crippen LogP contribution in [-0.2, 0) is 6.54 Å². The van der Waals surface area contributed by atoms with Gasteiger partial charge in [0.15, 0.2) is 5.82 Å². The molecule has 0 fully saturated rings. The van der Waals surface area contributed by atoms with Crippen molar-refractivity contribution in [3.63, 3.8) is 0 Å². The van der Waals surface area contributed by atoms with Crippen molar-refractivity contribution < 1.29 is 0 Å². The molecule has 3 aromatic heterocycles. The van der Waals surface area contributed by atoms with Crippen LogP contribution in [0.2, 0.25) is 0 Å². The number of H-pyrrole nitrogens is 2. The molecule has 0 aliphatic rings. The van der Waals surface area contributed by atoms with E-state index in [9.17, 15) is 0 Å². The van der Waals surface area contributed by atoms with E-state index in [1.54, 1.807) is 0 Å². The number of nitrogens with zero attached hydrogens (tertiary/aromatic N) is 3. The first-order chi connectivity index (χ1) is 14.2. The fraction of sp³-hybridized carbons (Fsp3) is 0.174. The van der Waals surface area contributed by atoms with E-state index in [0.29, 0.717) is 0 Å². The molecule has 0 amide bonds. The standard InChI is InChI=1S/C23H22N6/c1-3-24-11-16-12-25-13-18(14(16)2)15-8-9-19-17(10-15)22(29-28-19)23-26-20-6-4-5-7-21(20)27-23/h4-10,12-13,24H,3,11H2,1-2H3,(H,26,27)(H,28,29). The summed E-state index contributed by atoms with van der Waals surface area (Å²) in [6.07, 6.45) is 3.88. The lowest BCUT2D eigenvalue weighted by Gasteiger charge is -2.11. The van der Waals surface area contributed by atoms with Crippen molar-refractivity contribution >= 4 is 21.9 Å². The van der Waals surface area contributed by atoms with Gasteiger partial charge < -0.3 is 10.3 Å². The zero-order chi connectivity index (χ0) is 19.8. The molecule has 3 N–H and O–H groups in total. The molecule has 6 heteroatoms. The fourth-order valence-corrected chi connectivity index (χ4v) is 3.72. The van der Waals surface area contributed by atoms with Crippen LogP contribution >= 0.6 is 0 Å². The summed E-state index contributed by atoms with van der Waals surface area (Å²) >= 11 is 0. The van der Waals surface area contributed by atoms with Crippen LogP contribution in [0.1, 0.15) is 18.1 Å². The van der Waals surface area contributed by atoms with Crippen molar-refractivity contribution in [1.82, 2.24) is 30.5 Å². The molecule has 0 aliphatic carbocycles. The Hall–Kier alpha value is -3.51. The number of nitrogens with one attached hydrogen (secondary N) is 3. The predicted octanol–water partition coefficient (Wildman–Crippen LogP) is 4.59. The van der Waals surface area contributed by atoms with Crippen LogP contribution in [0.4, 0.5) is 0 Å². The molecular weight excluding hydrogens is 360 g/mol. The summed E-state index contributed by atoms with van der Waals surface area (Å²) < 4.78 is 0. The third kappa shape index (κ3) is 3.07. The van der Waals surface area contributed by atoms with Crippen molar-refractivity contribution in [3.05, 3.63) is 66.0 Å². The summed E-state index contributed by atoms with van der Waals surface area (Å²) in [5.41, 5.74) is 8.48. The lowest BCUT2D eigenvalue weighted by molar-refractivity contribution is 0.721. The van der Waals surface area contributed by atoms with Crippen molar-refractivity contribution in [1.29, 1.82) is 0 Å². The van der Waals surface area contributed by atoms with Gasteiger partial charge in [-0.1, -0.05) is 25.1 Å². The number of pyridine rings is 1. The van der Waals surface area contributed by atoms with E-state index in [1.807, 2.05) is 36.7 Å². The van der Waals surface area contributed by atoms with Gasteiger partial charge in [-0.15, -0.1) is 0 Å². The van der Waals surface area contributed by atoms with Gasteiger partial charge >= 0.3 is 0 Å². The zero-order valence-corrected chi connectivity index (χ0v) is 16.5. The molecule has 5 rings (SSSR count). The van der Waals surface area contributed by atoms with E-state index in [2.05, 4.69) is 57.5 Å². The quantitative estimate of drug-likeness (QED) is 0.415. The number of aromatic amines is 2. The first kappa shape index (κ1) is 17.6. The minimum Gasteiger partial charge on any atom is -0.337 e. The highest BCUT2D eigenvalue weighted by molar-refractivity contribution is 5.95. The molecule has 0 atom stereocenters. The zero-order valence-electron chi connectivity index (χ0n) is 16.5. The molecule has 0 unspecified atom stereocenters. The maximum Gasteiger partial charge on any atom is 0.159 e. The highest BCUT2D eigenvalue weighted by atomic mass is 15.1. The number of hydrogen-bond donors (Lipinski definition) is 3. The van der Waals surface area contributed by atoms with E-state index in [0.717, 1.165) is 57.7 Å². The lowest BCUT2D eigenvalue weighted by Crippen LogP contribution is -2.13. The Balaban J connectivity index is 1.62. The van der Waals surface area contributed by atoms with Crippen LogP contribution < -0.4 is 5.32 Å². The maximum absolute atomic E-state index is 4.71. The Kier molecular flexibility index (Phi) is 4.33. The van der Waals surface area contributed by atoms with E-state index < -0.39 is 0 Å². The summed E-state index contributed by atoms with van der Waals surface area (Å²) in [5.74, 6) is 0.769. The SMILES string of the molecule is CCNCc1cncc(-c2ccc3[nH]nc(-c4nc5ccccc5[nH]4)c3c2)c1C. The molecule has 0 spiro atoms. The van der Waals surface area contributed by atoms with Crippen LogP contribution in [0, 0.1) is 6.92 Å². The molecule has 0 saturated carbocycles. The number of aromatic nitrogens is 5. The van der Waals surface area contributed by atoms with Crippen molar-refractivity contribution in [2.75, 3.05) is 6.54 Å². The summed E-state index contributed by atoms with van der Waals surface area (Å²) in [6.45, 7) is 6.02. The number of para-hydroxylation sites is 2. The van der Waals surface area contributed by atoms with E-state index in [-0.39, 0.29) is 0 Å². The van der Waals surface area contributed by atoms with Crippen LogP contribution in [-0.4, -0.2) is 31.7 Å². The number of benzene rings is 2. The Morgan fingerprint density at radius 2 is 1.93 bits per heavy atom. The van der Waals surface area contributed by atoms with Crippen molar-refractivity contribution in [2.24, 2.45) is 0 Å². The topological polar surface area (TPSA) is 82.3 Å². The normalized spacial score (nSPS) is 11.5. The Morgan fingerprint density at radius 3 is 2.79 bits per heavy atom. The van der Waals surface area contributed by atoms with Crippen molar-refractivity contribution in [2.45, 2.75) is 20.4 Å². The Morgan fingerprint density at radius 1 is 1.03 bits per heavy atom. The predicted molar refractivity (Wildman–Crippen MR) is 117 cm³/mol. The molecule has 6 nitrogen and oxygen atoms in total. The summed E-state index contributed by atoms with van der Waals surface area (Å²) in [5, 5.41) is 12.1. The lowest BCUT2D eigenvalue weighted by atomic mass is 9.98. The smallest absolute Gasteiger partial charge is 0.159 e. The van der Waals surface area contributed by atoms with Gasteiger partial charge in [0.1, 0.15) is 5.69 Å². The summed E-state index contributed by atoms with van der Waals surface area (Å²) in [7, 11) is 0. The maximum atomic E-state index is 4.71. The first-order valence-corrected chi connectivity index (χ1v) is 9.82. The van der Waals surface area contributed by atoms with Crippen LogP contribution in [0.5, 0.6) is 0 Å². The highest BCUT2D eigenvalue weighted by Gasteiger charge is 2.14. The van der Waals surface area contributed by atoms with Gasteiger partial charge in [0.05, 0.1) is 16.6 Å². The van der Waals surface area contributed by atoms with Gasteiger partial charge in [-0.3, -0.25) is 10.1 Å². The van der Waals surface area contributed by atoms with Gasteiger partial charge in [-0.2, -0.15) is 5.10 Å². The highest BCUT2D eigenvalue weighted by Crippen LogP contribution is 2.32. The Bertz CT molecular complexity index is 1280. The minimum atomic E-state index is 0.769. The third-order valence-corrected chi connectivity index (χ3v) is 5.37. The third-order valence-electron chi connectivity index (χ3n) is 5.37.